The van der Waals surface area contributed by atoms with Gasteiger partial charge in [-0.3, -0.25) is 9.59 Å². The van der Waals surface area contributed by atoms with Gasteiger partial charge in [0.25, 0.3) is 0 Å². The molecule has 0 fully saturated rings. The van der Waals surface area contributed by atoms with Crippen LogP contribution in [-0.2, 0) is 9.59 Å². The molecular formula is C14H14F2N2O3. The van der Waals surface area contributed by atoms with Crippen LogP contribution in [0.1, 0.15) is 6.42 Å². The first-order chi connectivity index (χ1) is 10.0. The van der Waals surface area contributed by atoms with E-state index in [1.165, 1.54) is 0 Å². The van der Waals surface area contributed by atoms with Crippen molar-refractivity contribution in [3.63, 3.8) is 0 Å². The van der Waals surface area contributed by atoms with Crippen molar-refractivity contribution < 1.29 is 23.5 Å². The largest absolute Gasteiger partial charge is 0.396 e. The van der Waals surface area contributed by atoms with E-state index < -0.39 is 29.1 Å². The van der Waals surface area contributed by atoms with Gasteiger partial charge in [-0.1, -0.05) is 18.2 Å². The Balaban J connectivity index is 1.95. The average molecular weight is 296 g/mol. The molecule has 0 aliphatic heterocycles. The Hall–Kier alpha value is -2.28. The maximum atomic E-state index is 13.4. The maximum absolute atomic E-state index is 13.4. The Labute approximate surface area is 119 Å². The third-order valence-corrected chi connectivity index (χ3v) is 3.13. The zero-order valence-electron chi connectivity index (χ0n) is 11.0. The fraction of sp³-hybridized carbons (Fsp3) is 0.286. The van der Waals surface area contributed by atoms with Crippen LogP contribution in [0.15, 0.2) is 30.4 Å². The van der Waals surface area contributed by atoms with Crippen LogP contribution >= 0.6 is 0 Å². The molecule has 0 bridgehead atoms. The zero-order chi connectivity index (χ0) is 15.4. The van der Waals surface area contributed by atoms with Crippen LogP contribution in [0.2, 0.25) is 0 Å². The van der Waals surface area contributed by atoms with E-state index in [0.29, 0.717) is 6.42 Å². The summed E-state index contributed by atoms with van der Waals surface area (Å²) in [6.07, 6.45) is 3.87. The van der Waals surface area contributed by atoms with E-state index in [-0.39, 0.29) is 18.6 Å². The van der Waals surface area contributed by atoms with E-state index >= 15 is 0 Å². The van der Waals surface area contributed by atoms with Gasteiger partial charge >= 0.3 is 11.8 Å². The number of hydrogen-bond acceptors (Lipinski definition) is 3. The number of nitrogens with one attached hydrogen (secondary N) is 2. The van der Waals surface area contributed by atoms with Crippen LogP contribution < -0.4 is 10.6 Å². The van der Waals surface area contributed by atoms with Gasteiger partial charge in [0.15, 0.2) is 0 Å². The number of para-hydroxylation sites is 1. The summed E-state index contributed by atoms with van der Waals surface area (Å²) in [5, 5.41) is 13.3. The molecule has 1 aromatic rings. The Morgan fingerprint density at radius 1 is 1.19 bits per heavy atom. The summed E-state index contributed by atoms with van der Waals surface area (Å²) in [6.45, 7) is -0.0461. The minimum absolute atomic E-state index is 0.0461. The molecule has 3 N–H and O–H groups in total. The van der Waals surface area contributed by atoms with Gasteiger partial charge in [-0.15, -0.1) is 0 Å². The van der Waals surface area contributed by atoms with Crippen molar-refractivity contribution in [2.24, 2.45) is 5.92 Å². The van der Waals surface area contributed by atoms with Crippen LogP contribution in [-0.4, -0.2) is 29.6 Å². The molecule has 1 aromatic carbocycles. The molecule has 0 spiro atoms. The first-order valence-corrected chi connectivity index (χ1v) is 6.36. The molecule has 7 heteroatoms. The second kappa shape index (κ2) is 6.45. The Kier molecular flexibility index (Phi) is 4.64. The topological polar surface area (TPSA) is 78.4 Å². The van der Waals surface area contributed by atoms with Gasteiger partial charge in [-0.2, -0.15) is 0 Å². The summed E-state index contributed by atoms with van der Waals surface area (Å²) in [5.74, 6) is -4.14. The van der Waals surface area contributed by atoms with E-state index in [2.05, 4.69) is 5.32 Å². The highest BCUT2D eigenvalue weighted by atomic mass is 19.1. The predicted molar refractivity (Wildman–Crippen MR) is 71.3 cm³/mol. The van der Waals surface area contributed by atoms with Gasteiger partial charge in [0.05, 0.1) is 0 Å². The molecule has 0 radical (unpaired) electrons. The summed E-state index contributed by atoms with van der Waals surface area (Å²) in [4.78, 5) is 23.3. The van der Waals surface area contributed by atoms with Crippen molar-refractivity contribution in [3.05, 3.63) is 42.0 Å². The number of halogens is 2. The third kappa shape index (κ3) is 3.63. The Morgan fingerprint density at radius 2 is 1.86 bits per heavy atom. The number of benzene rings is 1. The third-order valence-electron chi connectivity index (χ3n) is 3.13. The summed E-state index contributed by atoms with van der Waals surface area (Å²) < 4.78 is 26.7. The number of amides is 2. The van der Waals surface area contributed by atoms with Gasteiger partial charge in [0.2, 0.25) is 0 Å². The molecule has 0 saturated carbocycles. The molecule has 112 valence electrons. The molecule has 2 rings (SSSR count). The van der Waals surface area contributed by atoms with E-state index in [1.807, 2.05) is 5.32 Å². The van der Waals surface area contributed by atoms with Crippen molar-refractivity contribution >= 4 is 17.5 Å². The lowest BCUT2D eigenvalue weighted by molar-refractivity contribution is -0.136. The second-order valence-corrected chi connectivity index (χ2v) is 4.69. The molecule has 1 aliphatic carbocycles. The lowest BCUT2D eigenvalue weighted by Gasteiger charge is -2.13. The molecule has 0 heterocycles. The molecular weight excluding hydrogens is 282 g/mol. The number of aliphatic hydroxyl groups is 1. The number of rotatable bonds is 3. The molecule has 2 amide bonds. The summed E-state index contributed by atoms with van der Waals surface area (Å²) in [5.41, 5.74) is -0.659. The van der Waals surface area contributed by atoms with Crippen LogP contribution in [0.4, 0.5) is 14.5 Å². The van der Waals surface area contributed by atoms with Crippen LogP contribution in [0.3, 0.4) is 0 Å². The van der Waals surface area contributed by atoms with Crippen LogP contribution in [0, 0.1) is 17.6 Å². The first-order valence-electron chi connectivity index (χ1n) is 6.36. The van der Waals surface area contributed by atoms with E-state index in [1.54, 1.807) is 12.2 Å². The maximum Gasteiger partial charge on any atom is 0.313 e. The summed E-state index contributed by atoms with van der Waals surface area (Å²) in [6, 6.07) is 2.72. The smallest absolute Gasteiger partial charge is 0.313 e. The van der Waals surface area contributed by atoms with Crippen LogP contribution in [0.5, 0.6) is 0 Å². The Bertz CT molecular complexity index is 569. The molecule has 0 unspecified atom stereocenters. The van der Waals surface area contributed by atoms with E-state index in [0.717, 1.165) is 18.2 Å². The molecule has 1 aliphatic rings. The van der Waals surface area contributed by atoms with Crippen molar-refractivity contribution in [2.45, 2.75) is 12.5 Å². The Morgan fingerprint density at radius 3 is 2.43 bits per heavy atom. The highest BCUT2D eigenvalue weighted by Gasteiger charge is 2.24. The fourth-order valence-corrected chi connectivity index (χ4v) is 2.04. The monoisotopic (exact) mass is 296 g/mol. The van der Waals surface area contributed by atoms with E-state index in [9.17, 15) is 18.4 Å². The predicted octanol–water partition coefficient (Wildman–Crippen LogP) is 0.956. The molecule has 5 nitrogen and oxygen atoms in total. The molecule has 21 heavy (non-hydrogen) atoms. The number of carbonyl (C=O) groups is 2. The highest BCUT2D eigenvalue weighted by Crippen LogP contribution is 2.19. The highest BCUT2D eigenvalue weighted by molar-refractivity contribution is 6.39. The second-order valence-electron chi connectivity index (χ2n) is 4.69. The lowest BCUT2D eigenvalue weighted by Crippen LogP contribution is -2.41. The summed E-state index contributed by atoms with van der Waals surface area (Å²) >= 11 is 0. The van der Waals surface area contributed by atoms with Gasteiger partial charge < -0.3 is 15.7 Å². The number of aliphatic hydroxyl groups excluding tert-OH is 1. The number of carbonyl (C=O) groups excluding carboxylic acids is 2. The molecule has 2 atom stereocenters. The minimum Gasteiger partial charge on any atom is -0.396 e. The van der Waals surface area contributed by atoms with Crippen molar-refractivity contribution in [1.29, 1.82) is 0 Å². The normalized spacial score (nSPS) is 20.3. The van der Waals surface area contributed by atoms with Gasteiger partial charge in [-0.25, -0.2) is 8.78 Å². The summed E-state index contributed by atoms with van der Waals surface area (Å²) in [7, 11) is 0. The quantitative estimate of drug-likeness (QED) is 0.574. The van der Waals surface area contributed by atoms with E-state index in [4.69, 9.17) is 5.11 Å². The lowest BCUT2D eigenvalue weighted by atomic mass is 10.1. The molecule has 0 saturated heterocycles. The van der Waals surface area contributed by atoms with Crippen molar-refractivity contribution in [2.75, 3.05) is 11.9 Å². The van der Waals surface area contributed by atoms with Crippen molar-refractivity contribution in [1.82, 2.24) is 5.32 Å². The number of anilines is 1. The first kappa shape index (κ1) is 15.1. The fourth-order valence-electron chi connectivity index (χ4n) is 2.04. The average Bonchev–Trinajstić information content (AvgIpc) is 2.90. The van der Waals surface area contributed by atoms with Gasteiger partial charge in [0, 0.05) is 18.6 Å². The standard InChI is InChI=1S/C14H14F2N2O3/c15-10-2-1-3-11(16)12(10)18-14(21)13(20)17-9-5-4-8(6-9)7-19/h1-5,8-9,19H,6-7H2,(H,17,20)(H,18,21)/t8-,9+/m0/s1. The zero-order valence-corrected chi connectivity index (χ0v) is 11.0. The number of hydrogen-bond donors (Lipinski definition) is 3. The molecule has 0 aromatic heterocycles. The minimum atomic E-state index is -1.15. The van der Waals surface area contributed by atoms with Crippen LogP contribution in [0.25, 0.3) is 0 Å². The van der Waals surface area contributed by atoms with Gasteiger partial charge in [-0.05, 0) is 18.6 Å². The van der Waals surface area contributed by atoms with Gasteiger partial charge in [0.1, 0.15) is 17.3 Å². The van der Waals surface area contributed by atoms with Crippen molar-refractivity contribution in [3.8, 4) is 0 Å². The SMILES string of the molecule is O=C(Nc1c(F)cccc1F)C(=O)N[C@@H]1C=C[C@H](CO)C1.